The molecule has 0 aliphatic heterocycles. The van der Waals surface area contributed by atoms with E-state index in [0.29, 0.717) is 29.1 Å². The number of nitrogens with zero attached hydrogens (tertiary/aromatic N) is 2. The highest BCUT2D eigenvalue weighted by Gasteiger charge is 2.11. The number of alkyl halides is 2. The molecule has 1 rings (SSSR count). The molecule has 0 unspecified atom stereocenters. The van der Waals surface area contributed by atoms with Crippen molar-refractivity contribution in [1.82, 2.24) is 15.5 Å². The molecule has 0 aliphatic carbocycles. The minimum atomic E-state index is -2.88. The molecule has 1 aromatic carbocycles. The van der Waals surface area contributed by atoms with Gasteiger partial charge in [-0.25, -0.2) is 0 Å². The van der Waals surface area contributed by atoms with Crippen LogP contribution < -0.4 is 15.4 Å². The van der Waals surface area contributed by atoms with Crippen LogP contribution >= 0.6 is 35.6 Å². The SMILES string of the molecule is CN=C(NCCN(C)C(C)C)NCc1cc(Cl)ccc1OC(F)F.I. The average Bonchev–Trinajstić information content (AvgIpc) is 2.52. The smallest absolute Gasteiger partial charge is 0.387 e. The standard InChI is InChI=1S/C16H25ClF2N4O.HI/c1-11(2)23(4)8-7-21-16(20-3)22-10-12-9-13(17)5-6-14(12)24-15(18)19;/h5-6,9,11,15H,7-8,10H2,1-4H3,(H2,20,21,22);1H. The summed E-state index contributed by atoms with van der Waals surface area (Å²) in [5.74, 6) is 0.673. The quantitative estimate of drug-likeness (QED) is 0.332. The van der Waals surface area contributed by atoms with Gasteiger partial charge in [0.2, 0.25) is 0 Å². The molecule has 0 heterocycles. The molecule has 0 atom stereocenters. The van der Waals surface area contributed by atoms with Crippen LogP contribution in [0.3, 0.4) is 0 Å². The Morgan fingerprint density at radius 1 is 1.32 bits per heavy atom. The third-order valence-electron chi connectivity index (χ3n) is 3.55. The van der Waals surface area contributed by atoms with Gasteiger partial charge in [-0.1, -0.05) is 11.6 Å². The summed E-state index contributed by atoms with van der Waals surface area (Å²) in [6, 6.07) is 4.99. The third kappa shape index (κ3) is 9.41. The Morgan fingerprint density at radius 2 is 2.00 bits per heavy atom. The number of benzene rings is 1. The van der Waals surface area contributed by atoms with Crippen LogP contribution in [0.25, 0.3) is 0 Å². The second-order valence-corrected chi connectivity index (χ2v) is 5.99. The molecule has 0 bridgehead atoms. The van der Waals surface area contributed by atoms with Gasteiger partial charge in [0, 0.05) is 43.3 Å². The lowest BCUT2D eigenvalue weighted by molar-refractivity contribution is -0.0504. The molecule has 2 N–H and O–H groups in total. The second-order valence-electron chi connectivity index (χ2n) is 5.56. The fourth-order valence-electron chi connectivity index (χ4n) is 1.91. The van der Waals surface area contributed by atoms with E-state index in [1.807, 2.05) is 7.05 Å². The van der Waals surface area contributed by atoms with Crippen molar-refractivity contribution in [3.63, 3.8) is 0 Å². The van der Waals surface area contributed by atoms with Gasteiger partial charge in [-0.05, 0) is 39.1 Å². The normalized spacial score (nSPS) is 11.7. The number of likely N-dealkylation sites (N-methyl/N-ethyl adjacent to an activating group) is 1. The van der Waals surface area contributed by atoms with Crippen molar-refractivity contribution in [3.05, 3.63) is 28.8 Å². The topological polar surface area (TPSA) is 48.9 Å². The van der Waals surface area contributed by atoms with Crippen molar-refractivity contribution in [1.29, 1.82) is 0 Å². The van der Waals surface area contributed by atoms with Crippen molar-refractivity contribution >= 4 is 41.5 Å². The Morgan fingerprint density at radius 3 is 2.56 bits per heavy atom. The molecule has 0 amide bonds. The van der Waals surface area contributed by atoms with Gasteiger partial charge in [-0.15, -0.1) is 24.0 Å². The predicted molar refractivity (Wildman–Crippen MR) is 109 cm³/mol. The number of ether oxygens (including phenoxy) is 1. The van der Waals surface area contributed by atoms with Crippen LogP contribution in [0.2, 0.25) is 5.02 Å². The van der Waals surface area contributed by atoms with Crippen LogP contribution in [0.15, 0.2) is 23.2 Å². The first-order chi connectivity index (χ1) is 11.3. The third-order valence-corrected chi connectivity index (χ3v) is 3.78. The zero-order chi connectivity index (χ0) is 18.1. The van der Waals surface area contributed by atoms with Gasteiger partial charge in [-0.3, -0.25) is 4.99 Å². The van der Waals surface area contributed by atoms with Crippen LogP contribution in [0.1, 0.15) is 19.4 Å². The molecule has 0 aliphatic rings. The number of hydrogen-bond donors (Lipinski definition) is 2. The molecule has 5 nitrogen and oxygen atoms in total. The maximum absolute atomic E-state index is 12.5. The van der Waals surface area contributed by atoms with Crippen molar-refractivity contribution in [2.24, 2.45) is 4.99 Å². The molecule has 0 fully saturated rings. The van der Waals surface area contributed by atoms with E-state index in [-0.39, 0.29) is 36.3 Å². The number of guanidine groups is 1. The van der Waals surface area contributed by atoms with Gasteiger partial charge >= 0.3 is 6.61 Å². The van der Waals surface area contributed by atoms with Crippen LogP contribution in [0.4, 0.5) is 8.78 Å². The maximum atomic E-state index is 12.5. The van der Waals surface area contributed by atoms with Crippen LogP contribution in [0.5, 0.6) is 5.75 Å². The fraction of sp³-hybridized carbons (Fsp3) is 0.562. The van der Waals surface area contributed by atoms with E-state index in [4.69, 9.17) is 11.6 Å². The van der Waals surface area contributed by atoms with Gasteiger partial charge in [0.05, 0.1) is 0 Å². The molecule has 0 spiro atoms. The molecule has 0 saturated heterocycles. The van der Waals surface area contributed by atoms with E-state index in [1.165, 1.54) is 12.1 Å². The lowest BCUT2D eigenvalue weighted by Crippen LogP contribution is -2.41. The van der Waals surface area contributed by atoms with Gasteiger partial charge in [-0.2, -0.15) is 8.78 Å². The highest BCUT2D eigenvalue weighted by molar-refractivity contribution is 14.0. The number of hydrogen-bond acceptors (Lipinski definition) is 3. The van der Waals surface area contributed by atoms with E-state index < -0.39 is 6.61 Å². The summed E-state index contributed by atoms with van der Waals surface area (Å²) in [5.41, 5.74) is 0.532. The maximum Gasteiger partial charge on any atom is 0.387 e. The molecule has 0 aromatic heterocycles. The Labute approximate surface area is 170 Å². The van der Waals surface area contributed by atoms with Crippen LogP contribution in [0, 0.1) is 0 Å². The monoisotopic (exact) mass is 490 g/mol. The number of rotatable bonds is 8. The molecule has 9 heteroatoms. The largest absolute Gasteiger partial charge is 0.434 e. The summed E-state index contributed by atoms with van der Waals surface area (Å²) >= 11 is 5.93. The van der Waals surface area contributed by atoms with Crippen molar-refractivity contribution in [2.45, 2.75) is 33.0 Å². The minimum absolute atomic E-state index is 0. The average molecular weight is 491 g/mol. The molecule has 0 radical (unpaired) electrons. The number of halogens is 4. The van der Waals surface area contributed by atoms with E-state index >= 15 is 0 Å². The van der Waals surface area contributed by atoms with Gasteiger partial charge in [0.1, 0.15) is 5.75 Å². The van der Waals surface area contributed by atoms with Crippen molar-refractivity contribution in [3.8, 4) is 5.75 Å². The Kier molecular flexibility index (Phi) is 12.0. The van der Waals surface area contributed by atoms with E-state index in [9.17, 15) is 8.78 Å². The predicted octanol–water partition coefficient (Wildman–Crippen LogP) is 3.56. The zero-order valence-corrected chi connectivity index (χ0v) is 17.9. The molecule has 0 saturated carbocycles. The first kappa shape index (κ1) is 24.1. The first-order valence-corrected chi connectivity index (χ1v) is 8.09. The minimum Gasteiger partial charge on any atom is -0.434 e. The van der Waals surface area contributed by atoms with Crippen LogP contribution in [-0.2, 0) is 6.54 Å². The van der Waals surface area contributed by atoms with Crippen LogP contribution in [-0.4, -0.2) is 50.7 Å². The lowest BCUT2D eigenvalue weighted by atomic mass is 10.2. The van der Waals surface area contributed by atoms with Crippen molar-refractivity contribution in [2.75, 3.05) is 27.2 Å². The van der Waals surface area contributed by atoms with Gasteiger partial charge in [0.15, 0.2) is 5.96 Å². The lowest BCUT2D eigenvalue weighted by Gasteiger charge is -2.21. The van der Waals surface area contributed by atoms with Gasteiger partial charge < -0.3 is 20.3 Å². The molecular formula is C16H26ClF2IN4O. The summed E-state index contributed by atoms with van der Waals surface area (Å²) in [6.07, 6.45) is 0. The summed E-state index contributed by atoms with van der Waals surface area (Å²) in [5, 5.41) is 6.70. The highest BCUT2D eigenvalue weighted by Crippen LogP contribution is 2.24. The van der Waals surface area contributed by atoms with E-state index in [2.05, 4.69) is 39.1 Å². The molecule has 25 heavy (non-hydrogen) atoms. The van der Waals surface area contributed by atoms with E-state index in [1.54, 1.807) is 13.1 Å². The molecule has 1 aromatic rings. The summed E-state index contributed by atoms with van der Waals surface area (Å²) in [6.45, 7) is 3.20. The fourth-order valence-corrected chi connectivity index (χ4v) is 2.10. The number of aliphatic imine (C=N–C) groups is 1. The Bertz CT molecular complexity index is 547. The second kappa shape index (κ2) is 12.5. The van der Waals surface area contributed by atoms with E-state index in [0.717, 1.165) is 6.54 Å². The first-order valence-electron chi connectivity index (χ1n) is 7.71. The summed E-state index contributed by atoms with van der Waals surface area (Å²) < 4.78 is 29.4. The number of nitrogens with one attached hydrogen (secondary N) is 2. The summed E-state index contributed by atoms with van der Waals surface area (Å²) in [4.78, 5) is 6.31. The Balaban J connectivity index is 0.00000576. The molecular weight excluding hydrogens is 465 g/mol. The van der Waals surface area contributed by atoms with Crippen molar-refractivity contribution < 1.29 is 13.5 Å². The molecule has 144 valence electrons. The zero-order valence-electron chi connectivity index (χ0n) is 14.9. The highest BCUT2D eigenvalue weighted by atomic mass is 127. The van der Waals surface area contributed by atoms with Gasteiger partial charge in [0.25, 0.3) is 0 Å². The Hall–Kier alpha value is -0.870. The summed E-state index contributed by atoms with van der Waals surface area (Å²) in [7, 11) is 3.69.